The van der Waals surface area contributed by atoms with Crippen LogP contribution >= 0.6 is 11.5 Å². The van der Waals surface area contributed by atoms with E-state index in [0.29, 0.717) is 11.0 Å². The molecule has 0 radical (unpaired) electrons. The SMILES string of the molecule is Cc1nsc(NC(CO)(CO)CO)n1. The molecule has 0 aliphatic rings. The summed E-state index contributed by atoms with van der Waals surface area (Å²) in [5.74, 6) is 0.611. The Balaban J connectivity index is 2.73. The highest BCUT2D eigenvalue weighted by Gasteiger charge is 2.28. The second-order valence-corrected chi connectivity index (χ2v) is 3.78. The van der Waals surface area contributed by atoms with E-state index in [9.17, 15) is 0 Å². The summed E-state index contributed by atoms with van der Waals surface area (Å²) >= 11 is 1.12. The van der Waals surface area contributed by atoms with Crippen LogP contribution in [0.2, 0.25) is 0 Å². The van der Waals surface area contributed by atoms with Crippen molar-refractivity contribution in [3.05, 3.63) is 5.82 Å². The van der Waals surface area contributed by atoms with Gasteiger partial charge in [0, 0.05) is 11.5 Å². The van der Waals surface area contributed by atoms with Gasteiger partial charge in [0.25, 0.3) is 0 Å². The third-order valence-electron chi connectivity index (χ3n) is 1.81. The molecule has 7 heteroatoms. The summed E-state index contributed by atoms with van der Waals surface area (Å²) in [6.45, 7) is 0.607. The van der Waals surface area contributed by atoms with E-state index in [2.05, 4.69) is 14.7 Å². The molecule has 0 aromatic carbocycles. The summed E-state index contributed by atoms with van der Waals surface area (Å²) in [6.07, 6.45) is 0. The summed E-state index contributed by atoms with van der Waals surface area (Å²) in [5.41, 5.74) is -1.13. The van der Waals surface area contributed by atoms with Crippen molar-refractivity contribution in [1.82, 2.24) is 9.36 Å². The molecule has 80 valence electrons. The first-order valence-electron chi connectivity index (χ1n) is 4.07. The van der Waals surface area contributed by atoms with Gasteiger partial charge in [-0.1, -0.05) is 0 Å². The number of aliphatic hydroxyl groups excluding tert-OH is 3. The molecule has 0 unspecified atom stereocenters. The Morgan fingerprint density at radius 2 is 1.86 bits per heavy atom. The maximum atomic E-state index is 9.02. The molecule has 14 heavy (non-hydrogen) atoms. The summed E-state index contributed by atoms with van der Waals surface area (Å²) in [7, 11) is 0. The number of hydrogen-bond donors (Lipinski definition) is 4. The number of nitrogens with zero attached hydrogens (tertiary/aromatic N) is 2. The summed E-state index contributed by atoms with van der Waals surface area (Å²) in [6, 6.07) is 0. The topological polar surface area (TPSA) is 98.5 Å². The maximum absolute atomic E-state index is 9.02. The van der Waals surface area contributed by atoms with Crippen molar-refractivity contribution in [2.45, 2.75) is 12.5 Å². The van der Waals surface area contributed by atoms with E-state index in [4.69, 9.17) is 15.3 Å². The van der Waals surface area contributed by atoms with Gasteiger partial charge in [-0.05, 0) is 6.92 Å². The lowest BCUT2D eigenvalue weighted by Crippen LogP contribution is -2.49. The molecule has 1 heterocycles. The standard InChI is InChI=1S/C7H13N3O3S/c1-5-8-6(14-10-5)9-7(2-11,3-12)4-13/h11-13H,2-4H2,1H3,(H,8,9,10). The summed E-state index contributed by atoms with van der Waals surface area (Å²) < 4.78 is 3.93. The second-order valence-electron chi connectivity index (χ2n) is 3.03. The van der Waals surface area contributed by atoms with Crippen molar-refractivity contribution < 1.29 is 15.3 Å². The third kappa shape index (κ3) is 2.38. The van der Waals surface area contributed by atoms with Crippen LogP contribution in [0, 0.1) is 6.92 Å². The average molecular weight is 219 g/mol. The van der Waals surface area contributed by atoms with Crippen molar-refractivity contribution in [2.24, 2.45) is 0 Å². The molecule has 0 spiro atoms. The zero-order valence-corrected chi connectivity index (χ0v) is 8.58. The summed E-state index contributed by atoms with van der Waals surface area (Å²) in [4.78, 5) is 4.00. The average Bonchev–Trinajstić information content (AvgIpc) is 2.61. The fourth-order valence-electron chi connectivity index (χ4n) is 0.843. The van der Waals surface area contributed by atoms with E-state index in [0.717, 1.165) is 11.5 Å². The highest BCUT2D eigenvalue weighted by atomic mass is 32.1. The van der Waals surface area contributed by atoms with Gasteiger partial charge < -0.3 is 20.6 Å². The number of aromatic nitrogens is 2. The third-order valence-corrected chi connectivity index (χ3v) is 2.53. The van der Waals surface area contributed by atoms with Gasteiger partial charge in [0.05, 0.1) is 19.8 Å². The highest BCUT2D eigenvalue weighted by Crippen LogP contribution is 2.16. The van der Waals surface area contributed by atoms with Gasteiger partial charge >= 0.3 is 0 Å². The van der Waals surface area contributed by atoms with Crippen molar-refractivity contribution in [2.75, 3.05) is 25.1 Å². The number of aliphatic hydroxyl groups is 3. The molecule has 1 aromatic rings. The second kappa shape index (κ2) is 4.65. The zero-order valence-electron chi connectivity index (χ0n) is 7.77. The van der Waals surface area contributed by atoms with Crippen LogP contribution in [0.1, 0.15) is 5.82 Å². The molecule has 6 nitrogen and oxygen atoms in total. The normalized spacial score (nSPS) is 11.7. The molecule has 0 atom stereocenters. The van der Waals surface area contributed by atoms with Crippen LogP contribution in [0.4, 0.5) is 5.13 Å². The minimum absolute atomic E-state index is 0.376. The minimum Gasteiger partial charge on any atom is -0.394 e. The number of hydrogen-bond acceptors (Lipinski definition) is 7. The molecule has 0 saturated heterocycles. The maximum Gasteiger partial charge on any atom is 0.203 e. The molecule has 0 aliphatic heterocycles. The predicted molar refractivity (Wildman–Crippen MR) is 52.3 cm³/mol. The van der Waals surface area contributed by atoms with Gasteiger partial charge in [0.1, 0.15) is 11.4 Å². The monoisotopic (exact) mass is 219 g/mol. The van der Waals surface area contributed by atoms with Crippen LogP contribution in [-0.4, -0.2) is 50.0 Å². The molecule has 0 aliphatic carbocycles. The molecule has 0 fully saturated rings. The molecule has 1 rings (SSSR count). The van der Waals surface area contributed by atoms with Gasteiger partial charge in [-0.3, -0.25) is 0 Å². The van der Waals surface area contributed by atoms with Crippen LogP contribution in [0.25, 0.3) is 0 Å². The van der Waals surface area contributed by atoms with E-state index < -0.39 is 5.54 Å². The van der Waals surface area contributed by atoms with Crippen molar-refractivity contribution >= 4 is 16.7 Å². The Morgan fingerprint density at radius 1 is 1.29 bits per heavy atom. The molecule has 0 amide bonds. The van der Waals surface area contributed by atoms with Gasteiger partial charge in [0.2, 0.25) is 5.13 Å². The van der Waals surface area contributed by atoms with E-state index in [-0.39, 0.29) is 19.8 Å². The fourth-order valence-corrected chi connectivity index (χ4v) is 1.54. The smallest absolute Gasteiger partial charge is 0.203 e. The fraction of sp³-hybridized carbons (Fsp3) is 0.714. The Labute approximate surface area is 85.4 Å². The lowest BCUT2D eigenvalue weighted by Gasteiger charge is -2.27. The lowest BCUT2D eigenvalue weighted by molar-refractivity contribution is 0.0833. The van der Waals surface area contributed by atoms with Crippen LogP contribution in [0.15, 0.2) is 0 Å². The lowest BCUT2D eigenvalue weighted by atomic mass is 10.0. The van der Waals surface area contributed by atoms with Gasteiger partial charge in [0.15, 0.2) is 0 Å². The molecular formula is C7H13N3O3S. The van der Waals surface area contributed by atoms with Crippen molar-refractivity contribution in [3.8, 4) is 0 Å². The Morgan fingerprint density at radius 3 is 2.21 bits per heavy atom. The van der Waals surface area contributed by atoms with Crippen LogP contribution in [0.3, 0.4) is 0 Å². The number of anilines is 1. The van der Waals surface area contributed by atoms with Crippen molar-refractivity contribution in [1.29, 1.82) is 0 Å². The van der Waals surface area contributed by atoms with Gasteiger partial charge in [-0.15, -0.1) is 0 Å². The Kier molecular flexibility index (Phi) is 3.76. The first kappa shape index (κ1) is 11.3. The number of aryl methyl sites for hydroxylation is 1. The van der Waals surface area contributed by atoms with E-state index in [1.54, 1.807) is 6.92 Å². The molecule has 1 aromatic heterocycles. The van der Waals surface area contributed by atoms with E-state index in [1.807, 2.05) is 0 Å². The predicted octanol–water partition coefficient (Wildman–Crippen LogP) is -1.03. The Hall–Kier alpha value is -0.760. The Bertz CT molecular complexity index is 279. The summed E-state index contributed by atoms with van der Waals surface area (Å²) in [5, 5.41) is 30.3. The molecular weight excluding hydrogens is 206 g/mol. The molecule has 0 saturated carbocycles. The van der Waals surface area contributed by atoms with E-state index in [1.165, 1.54) is 0 Å². The van der Waals surface area contributed by atoms with Crippen LogP contribution in [-0.2, 0) is 0 Å². The van der Waals surface area contributed by atoms with Crippen LogP contribution < -0.4 is 5.32 Å². The molecule has 0 bridgehead atoms. The first-order chi connectivity index (χ1) is 6.65. The first-order valence-corrected chi connectivity index (χ1v) is 4.84. The number of rotatable bonds is 5. The van der Waals surface area contributed by atoms with Crippen molar-refractivity contribution in [3.63, 3.8) is 0 Å². The van der Waals surface area contributed by atoms with Crippen LogP contribution in [0.5, 0.6) is 0 Å². The quantitative estimate of drug-likeness (QED) is 0.505. The number of nitrogens with one attached hydrogen (secondary N) is 1. The van der Waals surface area contributed by atoms with Gasteiger partial charge in [-0.2, -0.15) is 4.37 Å². The van der Waals surface area contributed by atoms with E-state index >= 15 is 0 Å². The minimum atomic E-state index is -1.13. The highest BCUT2D eigenvalue weighted by molar-refractivity contribution is 7.09. The zero-order chi connectivity index (χ0) is 10.6. The van der Waals surface area contributed by atoms with Gasteiger partial charge in [-0.25, -0.2) is 4.98 Å². The largest absolute Gasteiger partial charge is 0.394 e. The molecule has 4 N–H and O–H groups in total.